The van der Waals surface area contributed by atoms with Gasteiger partial charge in [-0.05, 0) is 25.1 Å². The van der Waals surface area contributed by atoms with Crippen LogP contribution >= 0.6 is 11.8 Å². The maximum atomic E-state index is 13.3. The SMILES string of the molecule is CCN(C(=O)N1CSCC1C(=O)O)c1cccc(F)c1. The molecule has 0 aliphatic carbocycles. The van der Waals surface area contributed by atoms with E-state index in [-0.39, 0.29) is 0 Å². The Morgan fingerprint density at radius 2 is 2.30 bits per heavy atom. The molecule has 7 heteroatoms. The van der Waals surface area contributed by atoms with E-state index in [0.717, 1.165) is 0 Å². The van der Waals surface area contributed by atoms with Gasteiger partial charge < -0.3 is 10.0 Å². The molecule has 0 spiro atoms. The average molecular weight is 298 g/mol. The molecule has 0 aromatic heterocycles. The maximum absolute atomic E-state index is 13.3. The second-order valence-electron chi connectivity index (χ2n) is 4.33. The van der Waals surface area contributed by atoms with Crippen molar-refractivity contribution in [3.8, 4) is 0 Å². The zero-order valence-electron chi connectivity index (χ0n) is 11.0. The van der Waals surface area contributed by atoms with Crippen molar-refractivity contribution in [2.45, 2.75) is 13.0 Å². The van der Waals surface area contributed by atoms with E-state index in [2.05, 4.69) is 0 Å². The molecule has 5 nitrogen and oxygen atoms in total. The molecule has 2 rings (SSSR count). The highest BCUT2D eigenvalue weighted by Gasteiger charge is 2.36. The van der Waals surface area contributed by atoms with Gasteiger partial charge in [-0.25, -0.2) is 14.0 Å². The third-order valence-electron chi connectivity index (χ3n) is 3.08. The van der Waals surface area contributed by atoms with E-state index in [0.29, 0.717) is 23.9 Å². The Morgan fingerprint density at radius 3 is 2.90 bits per heavy atom. The van der Waals surface area contributed by atoms with E-state index in [1.54, 1.807) is 13.0 Å². The molecule has 1 aliphatic heterocycles. The van der Waals surface area contributed by atoms with Crippen molar-refractivity contribution in [2.24, 2.45) is 0 Å². The van der Waals surface area contributed by atoms with Crippen LogP contribution in [-0.2, 0) is 4.79 Å². The third-order valence-corrected chi connectivity index (χ3v) is 4.09. The number of thioether (sulfide) groups is 1. The van der Waals surface area contributed by atoms with E-state index in [9.17, 15) is 14.0 Å². The van der Waals surface area contributed by atoms with Crippen LogP contribution in [0.2, 0.25) is 0 Å². The number of carboxylic acid groups (broad SMARTS) is 1. The second kappa shape index (κ2) is 6.13. The Morgan fingerprint density at radius 1 is 1.55 bits per heavy atom. The van der Waals surface area contributed by atoms with E-state index >= 15 is 0 Å². The molecule has 0 saturated carbocycles. The van der Waals surface area contributed by atoms with Crippen LogP contribution in [-0.4, -0.2) is 46.2 Å². The van der Waals surface area contributed by atoms with Crippen LogP contribution in [0.3, 0.4) is 0 Å². The summed E-state index contributed by atoms with van der Waals surface area (Å²) in [5.41, 5.74) is 0.429. The zero-order chi connectivity index (χ0) is 14.7. The predicted octanol–water partition coefficient (Wildman–Crippen LogP) is 2.23. The molecule has 1 aliphatic rings. The van der Waals surface area contributed by atoms with Gasteiger partial charge in [0.25, 0.3) is 0 Å². The summed E-state index contributed by atoms with van der Waals surface area (Å²) in [5.74, 6) is -0.735. The highest BCUT2D eigenvalue weighted by Crippen LogP contribution is 2.25. The Balaban J connectivity index is 2.23. The minimum absolute atomic E-state index is 0.335. The topological polar surface area (TPSA) is 60.9 Å². The van der Waals surface area contributed by atoms with Crippen molar-refractivity contribution >= 4 is 29.4 Å². The standard InChI is InChI=1S/C13H15FN2O3S/c1-2-15(10-5-3-4-9(14)6-10)13(19)16-8-20-7-11(16)12(17)18/h3-6,11H,2,7-8H2,1H3,(H,17,18). The fourth-order valence-corrected chi connectivity index (χ4v) is 3.20. The fraction of sp³-hybridized carbons (Fsp3) is 0.385. The van der Waals surface area contributed by atoms with E-state index in [1.165, 1.54) is 39.8 Å². The molecule has 0 radical (unpaired) electrons. The van der Waals surface area contributed by atoms with Crippen LogP contribution in [0.25, 0.3) is 0 Å². The monoisotopic (exact) mass is 298 g/mol. The van der Waals surface area contributed by atoms with Gasteiger partial charge in [-0.3, -0.25) is 4.90 Å². The Hall–Kier alpha value is -1.76. The molecule has 1 heterocycles. The summed E-state index contributed by atoms with van der Waals surface area (Å²) in [5, 5.41) is 9.12. The quantitative estimate of drug-likeness (QED) is 0.929. The van der Waals surface area contributed by atoms with Crippen LogP contribution in [0.5, 0.6) is 0 Å². The number of carbonyl (C=O) groups excluding carboxylic acids is 1. The van der Waals surface area contributed by atoms with Gasteiger partial charge in [-0.2, -0.15) is 0 Å². The molecule has 1 atom stereocenters. The number of hydrogen-bond acceptors (Lipinski definition) is 3. The largest absolute Gasteiger partial charge is 0.480 e. The molecule has 2 amide bonds. The number of aliphatic carboxylic acids is 1. The van der Waals surface area contributed by atoms with Gasteiger partial charge in [-0.15, -0.1) is 11.8 Å². The van der Waals surface area contributed by atoms with Crippen LogP contribution in [0, 0.1) is 5.82 Å². The van der Waals surface area contributed by atoms with Crippen molar-refractivity contribution in [2.75, 3.05) is 23.1 Å². The van der Waals surface area contributed by atoms with Crippen LogP contribution in [0.1, 0.15) is 6.92 Å². The lowest BCUT2D eigenvalue weighted by atomic mass is 10.2. The molecule has 1 aromatic rings. The molecule has 1 saturated heterocycles. The number of carboxylic acids is 1. The molecule has 20 heavy (non-hydrogen) atoms. The number of hydrogen-bond donors (Lipinski definition) is 1. The Kier molecular flexibility index (Phi) is 4.49. The summed E-state index contributed by atoms with van der Waals surface area (Å²) >= 11 is 1.40. The summed E-state index contributed by atoms with van der Waals surface area (Å²) in [6.45, 7) is 2.11. The van der Waals surface area contributed by atoms with E-state index < -0.39 is 23.9 Å². The van der Waals surface area contributed by atoms with Crippen LogP contribution in [0.4, 0.5) is 14.9 Å². The second-order valence-corrected chi connectivity index (χ2v) is 5.33. The summed E-state index contributed by atoms with van der Waals surface area (Å²) in [6, 6.07) is 4.48. The number of benzene rings is 1. The van der Waals surface area contributed by atoms with Crippen molar-refractivity contribution in [3.63, 3.8) is 0 Å². The van der Waals surface area contributed by atoms with Gasteiger partial charge in [0.1, 0.15) is 11.9 Å². The summed E-state index contributed by atoms with van der Waals surface area (Å²) in [7, 11) is 0. The first-order valence-corrected chi connectivity index (χ1v) is 7.34. The lowest BCUT2D eigenvalue weighted by Crippen LogP contribution is -2.49. The van der Waals surface area contributed by atoms with Gasteiger partial charge in [0, 0.05) is 18.0 Å². The normalized spacial score (nSPS) is 18.1. The molecule has 0 bridgehead atoms. The first-order chi connectivity index (χ1) is 9.54. The van der Waals surface area contributed by atoms with E-state index in [1.807, 2.05) is 0 Å². The maximum Gasteiger partial charge on any atom is 0.327 e. The lowest BCUT2D eigenvalue weighted by molar-refractivity contribution is -0.140. The van der Waals surface area contributed by atoms with Crippen LogP contribution < -0.4 is 4.90 Å². The van der Waals surface area contributed by atoms with E-state index in [4.69, 9.17) is 5.11 Å². The molecular formula is C13H15FN2O3S. The number of carbonyl (C=O) groups is 2. The minimum Gasteiger partial charge on any atom is -0.480 e. The first-order valence-electron chi connectivity index (χ1n) is 6.19. The lowest BCUT2D eigenvalue weighted by Gasteiger charge is -2.29. The average Bonchev–Trinajstić information content (AvgIpc) is 2.89. The fourth-order valence-electron chi connectivity index (χ4n) is 2.06. The molecule has 1 N–H and O–H groups in total. The first kappa shape index (κ1) is 14.6. The number of anilines is 1. The highest BCUT2D eigenvalue weighted by atomic mass is 32.2. The van der Waals surface area contributed by atoms with Crippen molar-refractivity contribution in [1.29, 1.82) is 0 Å². The molecule has 1 fully saturated rings. The minimum atomic E-state index is -1.02. The number of amides is 2. The van der Waals surface area contributed by atoms with Gasteiger partial charge in [0.2, 0.25) is 0 Å². The van der Waals surface area contributed by atoms with Crippen molar-refractivity contribution < 1.29 is 19.1 Å². The molecule has 108 valence electrons. The zero-order valence-corrected chi connectivity index (χ0v) is 11.8. The van der Waals surface area contributed by atoms with Gasteiger partial charge in [0.05, 0.1) is 5.88 Å². The number of rotatable bonds is 3. The third kappa shape index (κ3) is 2.87. The Bertz CT molecular complexity index is 526. The summed E-state index contributed by atoms with van der Waals surface area (Å²) in [4.78, 5) is 26.3. The van der Waals surface area contributed by atoms with Crippen molar-refractivity contribution in [3.05, 3.63) is 30.1 Å². The number of urea groups is 1. The molecule has 1 unspecified atom stereocenters. The Labute approximate surface area is 120 Å². The molecule has 1 aromatic carbocycles. The smallest absolute Gasteiger partial charge is 0.327 e. The van der Waals surface area contributed by atoms with Crippen LogP contribution in [0.15, 0.2) is 24.3 Å². The highest BCUT2D eigenvalue weighted by molar-refractivity contribution is 7.99. The van der Waals surface area contributed by atoms with Gasteiger partial charge >= 0.3 is 12.0 Å². The van der Waals surface area contributed by atoms with Gasteiger partial charge in [0.15, 0.2) is 0 Å². The predicted molar refractivity (Wildman–Crippen MR) is 75.4 cm³/mol. The number of halogens is 1. The van der Waals surface area contributed by atoms with Gasteiger partial charge in [-0.1, -0.05) is 6.07 Å². The summed E-state index contributed by atoms with van der Waals surface area (Å²) in [6.07, 6.45) is 0. The summed E-state index contributed by atoms with van der Waals surface area (Å²) < 4.78 is 13.3. The van der Waals surface area contributed by atoms with Crippen molar-refractivity contribution in [1.82, 2.24) is 4.90 Å². The number of nitrogens with zero attached hydrogens (tertiary/aromatic N) is 2. The molecular weight excluding hydrogens is 283 g/mol.